The van der Waals surface area contributed by atoms with E-state index in [1.807, 2.05) is 12.1 Å². The summed E-state index contributed by atoms with van der Waals surface area (Å²) in [6.45, 7) is 0. The molecule has 3 heteroatoms. The number of nitrogen functional groups attached to an aromatic ring is 1. The Kier molecular flexibility index (Phi) is 1.97. The van der Waals surface area contributed by atoms with Gasteiger partial charge in [-0.1, -0.05) is 11.6 Å². The van der Waals surface area contributed by atoms with E-state index in [1.165, 1.54) is 6.42 Å². The number of anilines is 1. The zero-order valence-corrected chi connectivity index (χ0v) is 8.14. The average molecular weight is 197 g/mol. The van der Waals surface area contributed by atoms with Gasteiger partial charge < -0.3 is 11.5 Å². The normalized spacial score (nSPS) is 19.5. The molecule has 13 heavy (non-hydrogen) atoms. The van der Waals surface area contributed by atoms with Crippen LogP contribution in [0.4, 0.5) is 5.69 Å². The van der Waals surface area contributed by atoms with Crippen LogP contribution in [0.5, 0.6) is 0 Å². The summed E-state index contributed by atoms with van der Waals surface area (Å²) in [5, 5.41) is 0.733. The van der Waals surface area contributed by atoms with E-state index >= 15 is 0 Å². The maximum atomic E-state index is 6.15. The van der Waals surface area contributed by atoms with Crippen LogP contribution in [0, 0.1) is 0 Å². The minimum absolute atomic E-state index is 0.216. The average Bonchev–Trinajstić information content (AvgIpc) is 2.05. The van der Waals surface area contributed by atoms with Crippen molar-refractivity contribution >= 4 is 17.3 Å². The van der Waals surface area contributed by atoms with Gasteiger partial charge in [0.2, 0.25) is 0 Å². The Bertz CT molecular complexity index is 332. The van der Waals surface area contributed by atoms with Crippen LogP contribution >= 0.6 is 11.6 Å². The standard InChI is InChI=1S/C10H13ClN2/c11-9-3-2-7(12)6-8(9)10(13)4-1-5-10/h2-3,6H,1,4-5,12-13H2. The Morgan fingerprint density at radius 1 is 1.31 bits per heavy atom. The van der Waals surface area contributed by atoms with Gasteiger partial charge >= 0.3 is 0 Å². The van der Waals surface area contributed by atoms with Crippen molar-refractivity contribution in [2.24, 2.45) is 5.73 Å². The van der Waals surface area contributed by atoms with E-state index in [0.717, 1.165) is 29.1 Å². The van der Waals surface area contributed by atoms with E-state index < -0.39 is 0 Å². The molecule has 0 bridgehead atoms. The van der Waals surface area contributed by atoms with Gasteiger partial charge in [-0.05, 0) is 43.0 Å². The number of rotatable bonds is 1. The van der Waals surface area contributed by atoms with Crippen LogP contribution in [0.15, 0.2) is 18.2 Å². The van der Waals surface area contributed by atoms with Crippen LogP contribution in [-0.4, -0.2) is 0 Å². The predicted molar refractivity (Wildman–Crippen MR) is 55.6 cm³/mol. The molecule has 1 aromatic rings. The summed E-state index contributed by atoms with van der Waals surface area (Å²) in [6.07, 6.45) is 3.20. The Morgan fingerprint density at radius 3 is 2.54 bits per heavy atom. The lowest BCUT2D eigenvalue weighted by Gasteiger charge is -2.39. The zero-order chi connectivity index (χ0) is 9.47. The lowest BCUT2D eigenvalue weighted by Crippen LogP contribution is -2.43. The van der Waals surface area contributed by atoms with Crippen molar-refractivity contribution in [3.63, 3.8) is 0 Å². The van der Waals surface area contributed by atoms with Gasteiger partial charge in [0.1, 0.15) is 0 Å². The molecule has 0 radical (unpaired) electrons. The molecule has 0 aliphatic heterocycles. The summed E-state index contributed by atoms with van der Waals surface area (Å²) in [4.78, 5) is 0. The molecule has 0 spiro atoms. The summed E-state index contributed by atoms with van der Waals surface area (Å²) in [5.74, 6) is 0. The van der Waals surface area contributed by atoms with Crippen molar-refractivity contribution in [2.75, 3.05) is 5.73 Å². The molecule has 1 aliphatic rings. The lowest BCUT2D eigenvalue weighted by atomic mass is 9.72. The van der Waals surface area contributed by atoms with Crippen molar-refractivity contribution in [1.29, 1.82) is 0 Å². The van der Waals surface area contributed by atoms with Crippen molar-refractivity contribution in [1.82, 2.24) is 0 Å². The van der Waals surface area contributed by atoms with Crippen molar-refractivity contribution in [2.45, 2.75) is 24.8 Å². The van der Waals surface area contributed by atoms with Gasteiger partial charge in [-0.15, -0.1) is 0 Å². The molecule has 70 valence electrons. The molecule has 0 aromatic heterocycles. The van der Waals surface area contributed by atoms with E-state index in [-0.39, 0.29) is 5.54 Å². The van der Waals surface area contributed by atoms with Gasteiger partial charge in [-0.25, -0.2) is 0 Å². The highest BCUT2D eigenvalue weighted by atomic mass is 35.5. The molecule has 0 unspecified atom stereocenters. The maximum absolute atomic E-state index is 6.15. The van der Waals surface area contributed by atoms with Gasteiger partial charge in [0.15, 0.2) is 0 Å². The monoisotopic (exact) mass is 196 g/mol. The fraction of sp³-hybridized carbons (Fsp3) is 0.400. The quantitative estimate of drug-likeness (QED) is 0.677. The Morgan fingerprint density at radius 2 is 2.00 bits per heavy atom. The SMILES string of the molecule is Nc1ccc(Cl)c(C2(N)CCC2)c1. The third-order valence-corrected chi connectivity index (χ3v) is 3.10. The lowest BCUT2D eigenvalue weighted by molar-refractivity contribution is 0.254. The molecular weight excluding hydrogens is 184 g/mol. The number of hydrogen-bond donors (Lipinski definition) is 2. The molecule has 0 atom stereocenters. The summed E-state index contributed by atoms with van der Waals surface area (Å²) in [6, 6.07) is 5.51. The second-order valence-corrected chi connectivity index (χ2v) is 4.16. The van der Waals surface area contributed by atoms with E-state index in [9.17, 15) is 0 Å². The summed E-state index contributed by atoms with van der Waals surface area (Å²) >= 11 is 6.06. The number of hydrogen-bond acceptors (Lipinski definition) is 2. The Hall–Kier alpha value is -0.730. The van der Waals surface area contributed by atoms with Crippen LogP contribution in [-0.2, 0) is 5.54 Å². The Balaban J connectivity index is 2.43. The first kappa shape index (κ1) is 8.85. The van der Waals surface area contributed by atoms with Crippen LogP contribution in [0.3, 0.4) is 0 Å². The third-order valence-electron chi connectivity index (χ3n) is 2.77. The van der Waals surface area contributed by atoms with Crippen molar-refractivity contribution < 1.29 is 0 Å². The van der Waals surface area contributed by atoms with Gasteiger partial charge in [-0.2, -0.15) is 0 Å². The Labute approximate surface area is 82.9 Å². The molecule has 0 saturated heterocycles. The minimum atomic E-state index is -0.216. The molecule has 1 saturated carbocycles. The number of benzene rings is 1. The van der Waals surface area contributed by atoms with Crippen LogP contribution in [0.1, 0.15) is 24.8 Å². The van der Waals surface area contributed by atoms with E-state index in [1.54, 1.807) is 6.07 Å². The van der Waals surface area contributed by atoms with Crippen molar-refractivity contribution in [3.05, 3.63) is 28.8 Å². The van der Waals surface area contributed by atoms with Gasteiger partial charge in [0.25, 0.3) is 0 Å². The molecule has 4 N–H and O–H groups in total. The maximum Gasteiger partial charge on any atom is 0.0458 e. The topological polar surface area (TPSA) is 52.0 Å². The summed E-state index contributed by atoms with van der Waals surface area (Å²) in [5.41, 5.74) is 13.4. The summed E-state index contributed by atoms with van der Waals surface area (Å²) < 4.78 is 0. The predicted octanol–water partition coefficient (Wildman–Crippen LogP) is 2.26. The van der Waals surface area contributed by atoms with E-state index in [4.69, 9.17) is 23.1 Å². The molecule has 0 heterocycles. The molecule has 2 rings (SSSR count). The third kappa shape index (κ3) is 1.40. The second kappa shape index (κ2) is 2.89. The first-order valence-corrected chi connectivity index (χ1v) is 4.84. The zero-order valence-electron chi connectivity index (χ0n) is 7.39. The minimum Gasteiger partial charge on any atom is -0.399 e. The highest BCUT2D eigenvalue weighted by molar-refractivity contribution is 6.31. The fourth-order valence-corrected chi connectivity index (χ4v) is 2.06. The molecule has 1 aliphatic carbocycles. The van der Waals surface area contributed by atoms with Crippen molar-refractivity contribution in [3.8, 4) is 0 Å². The second-order valence-electron chi connectivity index (χ2n) is 3.75. The highest BCUT2D eigenvalue weighted by Gasteiger charge is 2.35. The molecule has 0 amide bonds. The number of halogens is 1. The molecular formula is C10H13ClN2. The van der Waals surface area contributed by atoms with Crippen LogP contribution in [0.25, 0.3) is 0 Å². The van der Waals surface area contributed by atoms with Crippen LogP contribution < -0.4 is 11.5 Å². The smallest absolute Gasteiger partial charge is 0.0458 e. The van der Waals surface area contributed by atoms with E-state index in [2.05, 4.69) is 0 Å². The van der Waals surface area contributed by atoms with Gasteiger partial charge in [0.05, 0.1) is 0 Å². The summed E-state index contributed by atoms with van der Waals surface area (Å²) in [7, 11) is 0. The molecule has 1 aromatic carbocycles. The highest BCUT2D eigenvalue weighted by Crippen LogP contribution is 2.42. The largest absolute Gasteiger partial charge is 0.399 e. The first-order chi connectivity index (χ1) is 6.12. The molecule has 1 fully saturated rings. The first-order valence-electron chi connectivity index (χ1n) is 4.46. The van der Waals surface area contributed by atoms with Crippen LogP contribution in [0.2, 0.25) is 5.02 Å². The van der Waals surface area contributed by atoms with Gasteiger partial charge in [-0.3, -0.25) is 0 Å². The fourth-order valence-electron chi connectivity index (χ4n) is 1.75. The number of nitrogens with two attached hydrogens (primary N) is 2. The van der Waals surface area contributed by atoms with Gasteiger partial charge in [0, 0.05) is 16.2 Å². The van der Waals surface area contributed by atoms with E-state index in [0.29, 0.717) is 0 Å². The molecule has 2 nitrogen and oxygen atoms in total.